The monoisotopic (exact) mass is 1590 g/mol. The second-order valence-corrected chi connectivity index (χ2v) is 34.5. The lowest BCUT2D eigenvalue weighted by molar-refractivity contribution is -0.120. The Labute approximate surface area is 654 Å². The molecule has 23 atom stereocenters. The normalized spacial score (nSPS) is 29.4. The number of fused-ring (bicyclic) bond motifs is 2. The predicted molar refractivity (Wildman–Crippen MR) is 419 cm³/mol. The molecule has 0 aliphatic carbocycles. The van der Waals surface area contributed by atoms with Crippen LogP contribution >= 0.6 is 11.3 Å². The molecule has 1 fully saturated rings. The van der Waals surface area contributed by atoms with Crippen LogP contribution < -0.4 is 11.1 Å². The van der Waals surface area contributed by atoms with E-state index in [1.807, 2.05) is 19.1 Å². The summed E-state index contributed by atoms with van der Waals surface area (Å²) in [4.78, 5) is 37.3. The van der Waals surface area contributed by atoms with Crippen molar-refractivity contribution in [2.24, 2.45) is 29.4 Å². The van der Waals surface area contributed by atoms with Crippen LogP contribution in [0.5, 0.6) is 0 Å². The van der Waals surface area contributed by atoms with Crippen LogP contribution in [-0.4, -0.2) is 213 Å². The van der Waals surface area contributed by atoms with Crippen molar-refractivity contribution in [3.63, 3.8) is 0 Å². The number of oxazole rings is 1. The number of nitrogens with two attached hydrogens (primary N) is 1. The zero-order valence-electron chi connectivity index (χ0n) is 66.8. The number of esters is 1. The van der Waals surface area contributed by atoms with Crippen molar-refractivity contribution in [3.8, 4) is 0 Å². The number of carbonyl (C=O) groups is 2. The van der Waals surface area contributed by atoms with E-state index in [4.69, 9.17) is 33.5 Å². The molecular formula is C81H144N4O22S2. The lowest BCUT2D eigenvalue weighted by Crippen LogP contribution is -2.55. The van der Waals surface area contributed by atoms with Crippen LogP contribution in [0.1, 0.15) is 313 Å². The number of hydrogen-bond acceptors (Lipinski definition) is 25. The molecule has 0 unspecified atom stereocenters. The van der Waals surface area contributed by atoms with Gasteiger partial charge in [0.2, 0.25) is 5.91 Å². The number of aromatic nitrogens is 2. The number of carbonyl (C=O) groups excluding carboxylic acids is 2. The van der Waals surface area contributed by atoms with Crippen LogP contribution in [0.3, 0.4) is 0 Å². The van der Waals surface area contributed by atoms with Crippen molar-refractivity contribution < 1.29 is 107 Å². The highest BCUT2D eigenvalue weighted by Crippen LogP contribution is 2.38. The Balaban J connectivity index is 1.31. The summed E-state index contributed by atoms with van der Waals surface area (Å²) in [6.07, 6.45) is 12.9. The summed E-state index contributed by atoms with van der Waals surface area (Å²) in [7, 11) is -3.68. The number of allylic oxidation sites excluding steroid dienone is 1. The Bertz CT molecular complexity index is 2920. The summed E-state index contributed by atoms with van der Waals surface area (Å²) < 4.78 is 64.4. The van der Waals surface area contributed by atoms with E-state index in [1.165, 1.54) is 64.9 Å². The number of nitrogens with one attached hydrogen (secondary N) is 1. The summed E-state index contributed by atoms with van der Waals surface area (Å²) in [5.74, 6) is -2.94. The number of amides is 1. The summed E-state index contributed by atoms with van der Waals surface area (Å²) in [6, 6.07) is -1.19. The average molecular weight is 1590 g/mol. The number of unbranched alkanes of at least 4 members (excludes halogenated alkanes) is 7. The Hall–Kier alpha value is -3.47. The van der Waals surface area contributed by atoms with Crippen LogP contribution in [0.15, 0.2) is 39.9 Å². The lowest BCUT2D eigenvalue weighted by Gasteiger charge is -2.35. The number of nitrogens with zero attached hydrogens (tertiary/aromatic N) is 2. The first-order valence-corrected chi connectivity index (χ1v) is 43.4. The molecule has 28 heteroatoms. The van der Waals surface area contributed by atoms with Gasteiger partial charge in [0.1, 0.15) is 24.6 Å². The van der Waals surface area contributed by atoms with Gasteiger partial charge in [-0.15, -0.1) is 11.3 Å². The molecule has 2 aliphatic heterocycles. The molecule has 0 aromatic carbocycles. The van der Waals surface area contributed by atoms with Gasteiger partial charge in [-0.2, -0.15) is 8.42 Å². The molecule has 1 saturated heterocycles. The Morgan fingerprint density at radius 3 is 1.83 bits per heavy atom. The third-order valence-corrected chi connectivity index (χ3v) is 23.2. The van der Waals surface area contributed by atoms with Crippen molar-refractivity contribution >= 4 is 33.6 Å². The van der Waals surface area contributed by atoms with E-state index in [0.717, 1.165) is 49.1 Å². The molecule has 4 rings (SSSR count). The maximum Gasteiger partial charge on any atom is 0.397 e. The smallest absolute Gasteiger partial charge is 0.397 e. The van der Waals surface area contributed by atoms with Gasteiger partial charge in [-0.25, -0.2) is 18.9 Å². The first kappa shape index (κ1) is 97.9. The fourth-order valence-corrected chi connectivity index (χ4v) is 16.4. The number of aliphatic hydroxyl groups is 12. The molecule has 1 amide bonds. The summed E-state index contributed by atoms with van der Waals surface area (Å²) in [6.45, 7) is 12.2. The third kappa shape index (κ3) is 42.6. The molecule has 2 aromatic rings. The van der Waals surface area contributed by atoms with Gasteiger partial charge in [0, 0.05) is 42.9 Å². The van der Waals surface area contributed by atoms with Crippen LogP contribution in [-0.2, 0) is 46.4 Å². The van der Waals surface area contributed by atoms with Gasteiger partial charge in [0.15, 0.2) is 11.6 Å². The Kier molecular flexibility index (Phi) is 48.2. The highest BCUT2D eigenvalue weighted by molar-refractivity contribution is 7.80. The average Bonchev–Trinajstić information content (AvgIpc) is 1.78. The van der Waals surface area contributed by atoms with Crippen molar-refractivity contribution in [2.75, 3.05) is 7.11 Å². The molecule has 2 aromatic heterocycles. The minimum Gasteiger partial charge on any atom is -0.456 e. The van der Waals surface area contributed by atoms with E-state index < -0.39 is 126 Å². The summed E-state index contributed by atoms with van der Waals surface area (Å²) >= 11 is 1.68. The highest BCUT2D eigenvalue weighted by atomic mass is 32.3. The van der Waals surface area contributed by atoms with E-state index >= 15 is 0 Å². The number of aryl methyl sites for hydroxylation is 2. The van der Waals surface area contributed by atoms with Crippen molar-refractivity contribution in [1.82, 2.24) is 15.3 Å². The fraction of sp³-hybridized carbons (Fsp3) is 0.852. The number of cyclic esters (lactones) is 1. The number of ether oxygens (including phenoxy) is 3. The molecule has 2 bridgehead atoms. The zero-order chi connectivity index (χ0) is 80.6. The van der Waals surface area contributed by atoms with E-state index in [2.05, 4.69) is 29.5 Å². The molecular weight excluding hydrogens is 1450 g/mol. The minimum absolute atomic E-state index is 0.0201. The third-order valence-electron chi connectivity index (χ3n) is 21.8. The quantitative estimate of drug-likeness (QED) is 0.0104. The Morgan fingerprint density at radius 2 is 1.21 bits per heavy atom. The van der Waals surface area contributed by atoms with Crippen molar-refractivity contribution in [2.45, 2.75) is 408 Å². The van der Waals surface area contributed by atoms with Gasteiger partial charge in [-0.3, -0.25) is 9.35 Å². The molecule has 4 heterocycles. The molecule has 26 nitrogen and oxygen atoms in total. The number of rotatable bonds is 33. The van der Waals surface area contributed by atoms with E-state index in [0.29, 0.717) is 96.3 Å². The summed E-state index contributed by atoms with van der Waals surface area (Å²) in [5.41, 5.74) is 6.57. The standard InChI is InChI=1S/C81H144N4O22S2/c1-52-35-38-66(93)43-61(88)27-19-26-59(86)25-18-17-23-54(3)79(107-109(100,101)102)78(58(7)105-81(99)71-50-104-76(83-71)33-22-32-62(89)42-60(87)28-21-31-65(92)47-70(103-8)39-36-52)85-80(98)56(5)41-55(4)73(97)48-68(95)45-64(91)30-20-29-63(90)44-67(94)46-69(96)49-75-53(2)37-40-74(106-75)72-51-108-77(84-72)34-16-14-12-10-9-11-13-15-24-57(6)82/h36,39,41,50-55,57-70,73-75,78-79,86-97H,9-35,37-38,40,42-49,82H2,1-8H3,(H,85,98)(H,100,101,102)/t52-,53+,54+,55-,57+,58+,59+,60-,61+,62+,63-,64+,65-,66+,67-,68+,69-,70+,73+,74-,75-,78+,79-/m0/s1. The van der Waals surface area contributed by atoms with Crippen LogP contribution in [0, 0.1) is 23.7 Å². The molecule has 0 spiro atoms. The van der Waals surface area contributed by atoms with Gasteiger partial charge >= 0.3 is 16.4 Å². The van der Waals surface area contributed by atoms with Crippen molar-refractivity contribution in [1.29, 1.82) is 0 Å². The lowest BCUT2D eigenvalue weighted by atomic mass is 9.88. The molecule has 632 valence electrons. The first-order valence-electron chi connectivity index (χ1n) is 41.2. The van der Waals surface area contributed by atoms with Crippen LogP contribution in [0.4, 0.5) is 0 Å². The topological polar surface area (TPSA) is 445 Å². The number of methoxy groups -OCH3 is 1. The largest absolute Gasteiger partial charge is 0.456 e. The number of hydrogen-bond donors (Lipinski definition) is 15. The predicted octanol–water partition coefficient (Wildman–Crippen LogP) is 10.4. The van der Waals surface area contributed by atoms with Crippen LogP contribution in [0.2, 0.25) is 0 Å². The minimum atomic E-state index is -5.24. The molecule has 0 saturated carbocycles. The number of thiazole rings is 1. The van der Waals surface area contributed by atoms with Gasteiger partial charge in [-0.05, 0) is 212 Å². The fourth-order valence-electron chi connectivity index (χ4n) is 14.9. The zero-order valence-corrected chi connectivity index (χ0v) is 68.4. The molecule has 2 aliphatic rings. The van der Waals surface area contributed by atoms with Gasteiger partial charge in [-0.1, -0.05) is 104 Å². The summed E-state index contributed by atoms with van der Waals surface area (Å²) in [5, 5.41) is 137. The molecule has 109 heavy (non-hydrogen) atoms. The van der Waals surface area contributed by atoms with Gasteiger partial charge in [0.05, 0.1) is 102 Å². The van der Waals surface area contributed by atoms with Crippen LogP contribution in [0.25, 0.3) is 0 Å². The van der Waals surface area contributed by atoms with E-state index in [1.54, 1.807) is 32.3 Å². The molecule has 0 radical (unpaired) electrons. The second-order valence-electron chi connectivity index (χ2n) is 32.5. The SMILES string of the molecule is CO[C@@H]1C=C[C@@H](C)CC[C@@H](O)C[C@H](O)CCC[C@H](O)CCCC[C@@H](C)[C@H](OS(=O)(=O)O)[C@H](NC(=O)C(C)=C[C@H](C)[C@H](O)C[C@H](O)C[C@H](O)CCC[C@H](O)C[C@H](O)C[C@H](O)C[C@@H]2O[C@H](c3csc(CCCCCCCCCC[C@@H](C)N)n3)CC[C@H]2C)[C@@H](C)OC(=O)c2coc(n2)CCC[C@@H](O)C[C@@H](O)CCC[C@H](O)C1. The van der Waals surface area contributed by atoms with Gasteiger partial charge in [0.25, 0.3) is 0 Å². The second kappa shape index (κ2) is 53.6. The number of aliphatic hydroxyl groups excluding tert-OH is 12. The van der Waals surface area contributed by atoms with E-state index in [-0.39, 0.29) is 124 Å². The Morgan fingerprint density at radius 1 is 0.651 bits per heavy atom. The maximum atomic E-state index is 14.3. The van der Waals surface area contributed by atoms with E-state index in [9.17, 15) is 83.8 Å². The van der Waals surface area contributed by atoms with Crippen molar-refractivity contribution in [3.05, 3.63) is 57.7 Å². The molecule has 16 N–H and O–H groups in total. The van der Waals surface area contributed by atoms with Gasteiger partial charge < -0.3 is 91.0 Å². The maximum absolute atomic E-state index is 14.3. The first-order chi connectivity index (χ1) is 51.7. The highest BCUT2D eigenvalue weighted by Gasteiger charge is 2.40.